The molecule has 3 aromatic rings. The molecule has 4 heteroatoms. The van der Waals surface area contributed by atoms with E-state index in [0.29, 0.717) is 6.54 Å². The highest BCUT2D eigenvalue weighted by Crippen LogP contribution is 2.22. The van der Waals surface area contributed by atoms with E-state index < -0.39 is 11.6 Å². The number of aromatic nitrogens is 1. The van der Waals surface area contributed by atoms with Gasteiger partial charge in [0.15, 0.2) is 11.6 Å². The zero-order valence-electron chi connectivity index (χ0n) is 9.91. The van der Waals surface area contributed by atoms with Crippen LogP contribution in [-0.2, 0) is 6.54 Å². The second-order valence-corrected chi connectivity index (χ2v) is 5.31. The highest BCUT2D eigenvalue weighted by molar-refractivity contribution is 9.10. The summed E-state index contributed by atoms with van der Waals surface area (Å²) in [6.45, 7) is 0.511. The third kappa shape index (κ3) is 2.40. The third-order valence-corrected chi connectivity index (χ3v) is 3.57. The number of halogens is 3. The molecule has 0 N–H and O–H groups in total. The zero-order valence-corrected chi connectivity index (χ0v) is 11.5. The van der Waals surface area contributed by atoms with Gasteiger partial charge in [0, 0.05) is 22.7 Å². The molecule has 1 aromatic heterocycles. The van der Waals surface area contributed by atoms with E-state index in [1.54, 1.807) is 6.07 Å². The summed E-state index contributed by atoms with van der Waals surface area (Å²) in [5.41, 5.74) is 1.79. The predicted molar refractivity (Wildman–Crippen MR) is 75.1 cm³/mol. The Kier molecular flexibility index (Phi) is 3.11. The first kappa shape index (κ1) is 12.4. The minimum absolute atomic E-state index is 0.511. The largest absolute Gasteiger partial charge is 0.343 e. The fraction of sp³-hybridized carbons (Fsp3) is 0.0667. The normalized spacial score (nSPS) is 11.1. The summed E-state index contributed by atoms with van der Waals surface area (Å²) in [7, 11) is 0. The molecule has 0 radical (unpaired) electrons. The van der Waals surface area contributed by atoms with Gasteiger partial charge in [-0.2, -0.15) is 0 Å². The van der Waals surface area contributed by atoms with Crippen molar-refractivity contribution in [2.24, 2.45) is 0 Å². The van der Waals surface area contributed by atoms with Crippen LogP contribution in [0.5, 0.6) is 0 Å². The van der Waals surface area contributed by atoms with Crippen LogP contribution < -0.4 is 0 Å². The molecule has 0 amide bonds. The van der Waals surface area contributed by atoms with E-state index in [9.17, 15) is 8.78 Å². The lowest BCUT2D eigenvalue weighted by molar-refractivity contribution is 0.506. The highest BCUT2D eigenvalue weighted by atomic mass is 79.9. The van der Waals surface area contributed by atoms with Crippen molar-refractivity contribution in [3.63, 3.8) is 0 Å². The Morgan fingerprint density at radius 3 is 2.58 bits per heavy atom. The minimum Gasteiger partial charge on any atom is -0.343 e. The lowest BCUT2D eigenvalue weighted by atomic mass is 10.2. The van der Waals surface area contributed by atoms with Gasteiger partial charge in [0.25, 0.3) is 0 Å². The maximum Gasteiger partial charge on any atom is 0.159 e. The monoisotopic (exact) mass is 321 g/mol. The van der Waals surface area contributed by atoms with Crippen molar-refractivity contribution < 1.29 is 8.78 Å². The maximum absolute atomic E-state index is 13.2. The number of hydrogen-bond donors (Lipinski definition) is 0. The maximum atomic E-state index is 13.2. The Morgan fingerprint density at radius 2 is 1.79 bits per heavy atom. The fourth-order valence-electron chi connectivity index (χ4n) is 2.13. The lowest BCUT2D eigenvalue weighted by Crippen LogP contribution is -1.99. The van der Waals surface area contributed by atoms with Gasteiger partial charge in [0.2, 0.25) is 0 Å². The van der Waals surface area contributed by atoms with Gasteiger partial charge in [-0.3, -0.25) is 0 Å². The first-order valence-corrected chi connectivity index (χ1v) is 6.61. The SMILES string of the molecule is Fc1ccc(Cn2ccc3ccc(Br)cc32)cc1F. The molecule has 0 bridgehead atoms. The molecule has 0 unspecified atom stereocenters. The molecule has 0 spiro atoms. The number of hydrogen-bond acceptors (Lipinski definition) is 0. The van der Waals surface area contributed by atoms with Crippen LogP contribution in [0.2, 0.25) is 0 Å². The standard InChI is InChI=1S/C15H10BrF2N/c16-12-3-2-11-5-6-19(15(11)8-12)9-10-1-4-13(17)14(18)7-10/h1-8H,9H2. The van der Waals surface area contributed by atoms with Crippen LogP contribution in [0.1, 0.15) is 5.56 Å². The summed E-state index contributed by atoms with van der Waals surface area (Å²) in [6, 6.07) is 12.0. The van der Waals surface area contributed by atoms with Crippen LogP contribution >= 0.6 is 15.9 Å². The van der Waals surface area contributed by atoms with Crippen molar-refractivity contribution in [1.29, 1.82) is 0 Å². The number of rotatable bonds is 2. The van der Waals surface area contributed by atoms with E-state index in [4.69, 9.17) is 0 Å². The van der Waals surface area contributed by atoms with Gasteiger partial charge >= 0.3 is 0 Å². The summed E-state index contributed by atoms with van der Waals surface area (Å²) in [5, 5.41) is 1.12. The number of nitrogens with zero attached hydrogens (tertiary/aromatic N) is 1. The molecule has 1 nitrogen and oxygen atoms in total. The molecule has 0 saturated heterocycles. The quantitative estimate of drug-likeness (QED) is 0.643. The molecule has 1 heterocycles. The lowest BCUT2D eigenvalue weighted by Gasteiger charge is -2.06. The molecule has 0 aliphatic heterocycles. The zero-order chi connectivity index (χ0) is 13.4. The molecular formula is C15H10BrF2N. The summed E-state index contributed by atoms with van der Waals surface area (Å²) < 4.78 is 29.1. The van der Waals surface area contributed by atoms with Crippen molar-refractivity contribution in [2.75, 3.05) is 0 Å². The van der Waals surface area contributed by atoms with Gasteiger partial charge in [-0.25, -0.2) is 8.78 Å². The van der Waals surface area contributed by atoms with E-state index in [2.05, 4.69) is 15.9 Å². The average Bonchev–Trinajstić information content (AvgIpc) is 2.77. The smallest absolute Gasteiger partial charge is 0.159 e. The van der Waals surface area contributed by atoms with Crippen molar-refractivity contribution >= 4 is 26.8 Å². The summed E-state index contributed by atoms with van der Waals surface area (Å²) >= 11 is 3.43. The molecule has 0 fully saturated rings. The van der Waals surface area contributed by atoms with Gasteiger partial charge in [-0.15, -0.1) is 0 Å². The van der Waals surface area contributed by atoms with E-state index in [-0.39, 0.29) is 0 Å². The molecule has 2 aromatic carbocycles. The van der Waals surface area contributed by atoms with Gasteiger partial charge in [0.05, 0.1) is 0 Å². The first-order chi connectivity index (χ1) is 9.13. The van der Waals surface area contributed by atoms with E-state index in [1.165, 1.54) is 6.07 Å². The van der Waals surface area contributed by atoms with Crippen molar-refractivity contribution in [3.8, 4) is 0 Å². The van der Waals surface area contributed by atoms with E-state index in [1.807, 2.05) is 35.0 Å². The Balaban J connectivity index is 2.00. The van der Waals surface area contributed by atoms with Crippen molar-refractivity contribution in [1.82, 2.24) is 4.57 Å². The van der Waals surface area contributed by atoms with Crippen molar-refractivity contribution in [3.05, 3.63) is 70.3 Å². The summed E-state index contributed by atoms with van der Waals surface area (Å²) in [4.78, 5) is 0. The summed E-state index contributed by atoms with van der Waals surface area (Å²) in [6.07, 6.45) is 1.94. The van der Waals surface area contributed by atoms with Crippen LogP contribution in [-0.4, -0.2) is 4.57 Å². The average molecular weight is 322 g/mol. The Labute approximate surface area is 117 Å². The Morgan fingerprint density at radius 1 is 0.947 bits per heavy atom. The number of benzene rings is 2. The van der Waals surface area contributed by atoms with Crippen LogP contribution in [0, 0.1) is 11.6 Å². The van der Waals surface area contributed by atoms with Crippen LogP contribution in [0.4, 0.5) is 8.78 Å². The molecule has 19 heavy (non-hydrogen) atoms. The molecule has 96 valence electrons. The molecule has 0 atom stereocenters. The number of fused-ring (bicyclic) bond motifs is 1. The highest BCUT2D eigenvalue weighted by Gasteiger charge is 2.05. The predicted octanol–water partition coefficient (Wildman–Crippen LogP) is 4.73. The third-order valence-electron chi connectivity index (χ3n) is 3.07. The van der Waals surface area contributed by atoms with E-state index in [0.717, 1.165) is 27.0 Å². The first-order valence-electron chi connectivity index (χ1n) is 5.82. The van der Waals surface area contributed by atoms with Gasteiger partial charge < -0.3 is 4.57 Å². The second-order valence-electron chi connectivity index (χ2n) is 4.40. The van der Waals surface area contributed by atoms with E-state index >= 15 is 0 Å². The van der Waals surface area contributed by atoms with Gasteiger partial charge in [-0.05, 0) is 41.3 Å². The fourth-order valence-corrected chi connectivity index (χ4v) is 2.48. The van der Waals surface area contributed by atoms with Crippen molar-refractivity contribution in [2.45, 2.75) is 6.54 Å². The Bertz CT molecular complexity index is 749. The summed E-state index contributed by atoms with van der Waals surface area (Å²) in [5.74, 6) is -1.63. The topological polar surface area (TPSA) is 4.93 Å². The molecule has 0 aliphatic carbocycles. The molecule has 3 rings (SSSR count). The van der Waals surface area contributed by atoms with Crippen LogP contribution in [0.25, 0.3) is 10.9 Å². The second kappa shape index (κ2) is 4.78. The van der Waals surface area contributed by atoms with Crippen LogP contribution in [0.3, 0.4) is 0 Å². The Hall–Kier alpha value is -1.68. The van der Waals surface area contributed by atoms with Gasteiger partial charge in [-0.1, -0.05) is 28.1 Å². The van der Waals surface area contributed by atoms with Crippen LogP contribution in [0.15, 0.2) is 53.1 Å². The molecule has 0 saturated carbocycles. The van der Waals surface area contributed by atoms with Gasteiger partial charge in [0.1, 0.15) is 0 Å². The molecular weight excluding hydrogens is 312 g/mol. The minimum atomic E-state index is -0.816. The molecule has 0 aliphatic rings.